The number of rotatable bonds is 2. The molecule has 3 N–H and O–H groups in total. The SMILES string of the molecule is COc1ccc(Br)c([C@H](N)C(F)(F)F)c1O. The number of hydrogen-bond acceptors (Lipinski definition) is 3. The van der Waals surface area contributed by atoms with Gasteiger partial charge in [0.05, 0.1) is 7.11 Å². The second-order valence-corrected chi connectivity index (χ2v) is 3.89. The molecule has 0 radical (unpaired) electrons. The van der Waals surface area contributed by atoms with Gasteiger partial charge in [0.25, 0.3) is 0 Å². The average Bonchev–Trinajstić information content (AvgIpc) is 2.16. The van der Waals surface area contributed by atoms with Gasteiger partial charge >= 0.3 is 6.18 Å². The van der Waals surface area contributed by atoms with E-state index in [2.05, 4.69) is 15.9 Å². The predicted molar refractivity (Wildman–Crippen MR) is 55.3 cm³/mol. The molecule has 16 heavy (non-hydrogen) atoms. The van der Waals surface area contributed by atoms with Crippen molar-refractivity contribution in [1.29, 1.82) is 0 Å². The number of phenolic OH excluding ortho intramolecular Hbond substituents is 1. The zero-order chi connectivity index (χ0) is 12.5. The summed E-state index contributed by atoms with van der Waals surface area (Å²) in [6.45, 7) is 0. The Balaban J connectivity index is 3.32. The van der Waals surface area contributed by atoms with Crippen LogP contribution in [0.5, 0.6) is 11.5 Å². The fraction of sp³-hybridized carbons (Fsp3) is 0.333. The van der Waals surface area contributed by atoms with Crippen molar-refractivity contribution in [2.75, 3.05) is 7.11 Å². The molecule has 0 saturated heterocycles. The van der Waals surface area contributed by atoms with Gasteiger partial charge < -0.3 is 15.6 Å². The van der Waals surface area contributed by atoms with Gasteiger partial charge in [0.1, 0.15) is 6.04 Å². The normalized spacial score (nSPS) is 13.6. The number of phenols is 1. The number of alkyl halides is 3. The predicted octanol–water partition coefficient (Wildman–Crippen LogP) is 2.73. The highest BCUT2D eigenvalue weighted by molar-refractivity contribution is 9.10. The van der Waals surface area contributed by atoms with Gasteiger partial charge in [-0.15, -0.1) is 0 Å². The van der Waals surface area contributed by atoms with Crippen LogP contribution in [-0.2, 0) is 0 Å². The molecule has 0 aromatic heterocycles. The monoisotopic (exact) mass is 299 g/mol. The first-order valence-corrected chi connectivity index (χ1v) is 4.96. The van der Waals surface area contributed by atoms with E-state index in [4.69, 9.17) is 10.5 Å². The fourth-order valence-electron chi connectivity index (χ4n) is 1.19. The van der Waals surface area contributed by atoms with Crippen molar-refractivity contribution in [2.24, 2.45) is 5.73 Å². The molecular formula is C9H9BrF3NO2. The lowest BCUT2D eigenvalue weighted by molar-refractivity contribution is -0.149. The van der Waals surface area contributed by atoms with Gasteiger partial charge in [-0.25, -0.2) is 0 Å². The Morgan fingerprint density at radius 1 is 1.44 bits per heavy atom. The zero-order valence-electron chi connectivity index (χ0n) is 8.18. The largest absolute Gasteiger partial charge is 0.504 e. The number of hydrogen-bond donors (Lipinski definition) is 2. The minimum absolute atomic E-state index is 0.0575. The van der Waals surface area contributed by atoms with Crippen LogP contribution in [0.15, 0.2) is 16.6 Å². The van der Waals surface area contributed by atoms with Crippen LogP contribution in [0.2, 0.25) is 0 Å². The van der Waals surface area contributed by atoms with Crippen LogP contribution in [0.25, 0.3) is 0 Å². The third kappa shape index (κ3) is 2.41. The Hall–Kier alpha value is -0.950. The van der Waals surface area contributed by atoms with Crippen LogP contribution in [-0.4, -0.2) is 18.4 Å². The summed E-state index contributed by atoms with van der Waals surface area (Å²) in [5.41, 5.74) is 4.59. The highest BCUT2D eigenvalue weighted by Crippen LogP contribution is 2.43. The van der Waals surface area contributed by atoms with E-state index in [1.807, 2.05) is 0 Å². The van der Waals surface area contributed by atoms with Crippen molar-refractivity contribution in [3.05, 3.63) is 22.2 Å². The summed E-state index contributed by atoms with van der Waals surface area (Å²) in [6.07, 6.45) is -4.63. The Bertz CT molecular complexity index is 395. The molecular weight excluding hydrogens is 291 g/mol. The first-order valence-electron chi connectivity index (χ1n) is 4.16. The summed E-state index contributed by atoms with van der Waals surface area (Å²) in [4.78, 5) is 0. The summed E-state index contributed by atoms with van der Waals surface area (Å²) in [6, 6.07) is 0.405. The molecule has 3 nitrogen and oxygen atoms in total. The zero-order valence-corrected chi connectivity index (χ0v) is 9.76. The van der Waals surface area contributed by atoms with Crippen LogP contribution in [0.3, 0.4) is 0 Å². The lowest BCUT2D eigenvalue weighted by Crippen LogP contribution is -2.28. The van der Waals surface area contributed by atoms with Crippen LogP contribution in [0, 0.1) is 0 Å². The Kier molecular flexibility index (Phi) is 3.69. The van der Waals surface area contributed by atoms with Crippen molar-refractivity contribution in [3.63, 3.8) is 0 Å². The number of halogens is 4. The Morgan fingerprint density at radius 3 is 2.44 bits per heavy atom. The lowest BCUT2D eigenvalue weighted by atomic mass is 10.1. The molecule has 0 aliphatic heterocycles. The smallest absolute Gasteiger partial charge is 0.407 e. The van der Waals surface area contributed by atoms with Crippen molar-refractivity contribution >= 4 is 15.9 Å². The van der Waals surface area contributed by atoms with Crippen LogP contribution in [0.4, 0.5) is 13.2 Å². The minimum Gasteiger partial charge on any atom is -0.504 e. The minimum atomic E-state index is -4.63. The molecule has 0 unspecified atom stereocenters. The van der Waals surface area contributed by atoms with Gasteiger partial charge in [0.2, 0.25) is 0 Å². The molecule has 0 aliphatic rings. The quantitative estimate of drug-likeness (QED) is 0.883. The molecule has 0 aliphatic carbocycles. The van der Waals surface area contributed by atoms with Crippen molar-refractivity contribution in [1.82, 2.24) is 0 Å². The maximum absolute atomic E-state index is 12.4. The van der Waals surface area contributed by atoms with Gasteiger partial charge in [-0.1, -0.05) is 15.9 Å². The molecule has 0 fully saturated rings. The van der Waals surface area contributed by atoms with Gasteiger partial charge in [-0.2, -0.15) is 13.2 Å². The molecule has 0 heterocycles. The van der Waals surface area contributed by atoms with Crippen LogP contribution >= 0.6 is 15.9 Å². The van der Waals surface area contributed by atoms with E-state index in [9.17, 15) is 18.3 Å². The molecule has 1 rings (SSSR count). The van der Waals surface area contributed by atoms with Crippen LogP contribution < -0.4 is 10.5 Å². The third-order valence-corrected chi connectivity index (χ3v) is 2.70. The number of aromatic hydroxyl groups is 1. The lowest BCUT2D eigenvalue weighted by Gasteiger charge is -2.19. The topological polar surface area (TPSA) is 55.5 Å². The number of ether oxygens (including phenoxy) is 1. The van der Waals surface area contributed by atoms with E-state index in [1.54, 1.807) is 0 Å². The number of methoxy groups -OCH3 is 1. The van der Waals surface area contributed by atoms with E-state index in [0.717, 1.165) is 0 Å². The molecule has 90 valence electrons. The van der Waals surface area contributed by atoms with Gasteiger partial charge in [0.15, 0.2) is 11.5 Å². The van der Waals surface area contributed by atoms with Crippen molar-refractivity contribution in [3.8, 4) is 11.5 Å². The third-order valence-electron chi connectivity index (χ3n) is 2.01. The number of benzene rings is 1. The van der Waals surface area contributed by atoms with E-state index >= 15 is 0 Å². The standard InChI is InChI=1S/C9H9BrF3NO2/c1-16-5-3-2-4(10)6(7(5)15)8(14)9(11,12)13/h2-3,8,15H,14H2,1H3/t8-/m0/s1. The highest BCUT2D eigenvalue weighted by Gasteiger charge is 2.40. The van der Waals surface area contributed by atoms with Gasteiger partial charge in [-0.3, -0.25) is 0 Å². The molecule has 0 saturated carbocycles. The highest BCUT2D eigenvalue weighted by atomic mass is 79.9. The average molecular weight is 300 g/mol. The Labute approximate surface area is 98.1 Å². The van der Waals surface area contributed by atoms with Gasteiger partial charge in [-0.05, 0) is 12.1 Å². The first-order chi connectivity index (χ1) is 7.29. The summed E-state index contributed by atoms with van der Waals surface area (Å²) in [5.74, 6) is -0.667. The fourth-order valence-corrected chi connectivity index (χ4v) is 1.75. The van der Waals surface area contributed by atoms with Crippen molar-refractivity contribution < 1.29 is 23.0 Å². The summed E-state index contributed by atoms with van der Waals surface area (Å²) in [7, 11) is 1.24. The molecule has 0 amide bonds. The van der Waals surface area contributed by atoms with Gasteiger partial charge in [0, 0.05) is 10.0 Å². The van der Waals surface area contributed by atoms with E-state index in [-0.39, 0.29) is 10.2 Å². The first kappa shape index (κ1) is 13.1. The summed E-state index contributed by atoms with van der Waals surface area (Å²) < 4.78 is 42.1. The summed E-state index contributed by atoms with van der Waals surface area (Å²) >= 11 is 2.91. The molecule has 1 atom stereocenters. The summed E-state index contributed by atoms with van der Waals surface area (Å²) in [5, 5.41) is 9.57. The molecule has 7 heteroatoms. The van der Waals surface area contributed by atoms with Crippen LogP contribution in [0.1, 0.15) is 11.6 Å². The molecule has 0 bridgehead atoms. The van der Waals surface area contributed by atoms with E-state index in [0.29, 0.717) is 0 Å². The maximum atomic E-state index is 12.4. The Morgan fingerprint density at radius 2 is 2.00 bits per heavy atom. The second-order valence-electron chi connectivity index (χ2n) is 3.03. The number of nitrogens with two attached hydrogens (primary N) is 1. The molecule has 1 aromatic rings. The van der Waals surface area contributed by atoms with Crippen molar-refractivity contribution in [2.45, 2.75) is 12.2 Å². The van der Waals surface area contributed by atoms with E-state index < -0.39 is 23.5 Å². The maximum Gasteiger partial charge on any atom is 0.407 e. The second kappa shape index (κ2) is 4.50. The van der Waals surface area contributed by atoms with E-state index in [1.165, 1.54) is 19.2 Å². The molecule has 0 spiro atoms. The molecule has 1 aromatic carbocycles.